The van der Waals surface area contributed by atoms with Gasteiger partial charge in [-0.15, -0.1) is 0 Å². The standard InChI is InChI=1S/C60H51N/c1-57(2)47-24-16-13-19-38(47)43-31-53-35(28-48(43)57)26-25-34-27-41-36-17-11-14-22-45(36)59(5,6)51(41)32-54(34)61(53)55-33-52-56(40-21-10-9-20-39(40)55)44-30-49-42(29-50(44)60(52,7)8)37-18-12-15-23-46(37)58(49,3)4/h9-24,27-33H,25-26H2,1-8H3. The molecular formula is C60H51N. The summed E-state index contributed by atoms with van der Waals surface area (Å²) in [5.41, 5.74) is 28.9. The molecule has 0 fully saturated rings. The van der Waals surface area contributed by atoms with Crippen molar-refractivity contribution < 1.29 is 0 Å². The average Bonchev–Trinajstić information content (AvgIpc) is 3.76. The molecule has 0 saturated carbocycles. The predicted octanol–water partition coefficient (Wildman–Crippen LogP) is 15.6. The Balaban J connectivity index is 1.11. The first-order chi connectivity index (χ1) is 29.3. The zero-order valence-corrected chi connectivity index (χ0v) is 36.6. The van der Waals surface area contributed by atoms with Gasteiger partial charge in [0.05, 0.1) is 5.69 Å². The SMILES string of the molecule is CC1(C)c2ccccc2-c2cc3c(cc21)CCc1cc2c(cc1N3c1cc3c(c4ccccc14)-c1cc4c(cc1C3(C)C)-c1ccccc1C4(C)C)C(C)(C)c1ccccc1-2. The number of benzene rings is 8. The fourth-order valence-electron chi connectivity index (χ4n) is 13.0. The first-order valence-corrected chi connectivity index (χ1v) is 22.5. The van der Waals surface area contributed by atoms with Crippen LogP contribution in [-0.2, 0) is 34.5 Å². The quantitative estimate of drug-likeness (QED) is 0.160. The van der Waals surface area contributed by atoms with Crippen molar-refractivity contribution in [1.29, 1.82) is 0 Å². The smallest absolute Gasteiger partial charge is 0.0543 e. The molecule has 1 nitrogen and oxygen atoms in total. The normalized spacial score (nSPS) is 17.9. The van der Waals surface area contributed by atoms with Gasteiger partial charge >= 0.3 is 0 Å². The zero-order valence-electron chi connectivity index (χ0n) is 36.6. The molecular weight excluding hydrogens is 735 g/mol. The molecule has 0 N–H and O–H groups in total. The second kappa shape index (κ2) is 11.4. The Bertz CT molecular complexity index is 3310. The molecule has 0 aromatic heterocycles. The summed E-state index contributed by atoms with van der Waals surface area (Å²) in [6.07, 6.45) is 1.98. The van der Waals surface area contributed by atoms with Gasteiger partial charge in [0.1, 0.15) is 0 Å². The van der Waals surface area contributed by atoms with E-state index in [-0.39, 0.29) is 21.7 Å². The van der Waals surface area contributed by atoms with Crippen LogP contribution in [0.5, 0.6) is 0 Å². The third-order valence-electron chi connectivity index (χ3n) is 16.3. The Morgan fingerprint density at radius 2 is 0.705 bits per heavy atom. The van der Waals surface area contributed by atoms with Crippen LogP contribution in [0.15, 0.2) is 140 Å². The number of anilines is 3. The van der Waals surface area contributed by atoms with Crippen LogP contribution in [0.4, 0.5) is 17.1 Å². The van der Waals surface area contributed by atoms with Crippen LogP contribution in [0, 0.1) is 0 Å². The Morgan fingerprint density at radius 3 is 1.31 bits per heavy atom. The molecule has 8 aromatic carbocycles. The minimum Gasteiger partial charge on any atom is -0.309 e. The van der Waals surface area contributed by atoms with Crippen molar-refractivity contribution in [3.8, 4) is 44.5 Å². The van der Waals surface area contributed by atoms with Crippen LogP contribution in [-0.4, -0.2) is 0 Å². The van der Waals surface area contributed by atoms with E-state index in [1.54, 1.807) is 0 Å². The van der Waals surface area contributed by atoms with E-state index >= 15 is 0 Å². The molecule has 0 saturated heterocycles. The third-order valence-corrected chi connectivity index (χ3v) is 16.3. The largest absolute Gasteiger partial charge is 0.309 e. The van der Waals surface area contributed by atoms with E-state index < -0.39 is 0 Å². The minimum absolute atomic E-state index is 0.0642. The summed E-state index contributed by atoms with van der Waals surface area (Å²) in [6, 6.07) is 54.7. The van der Waals surface area contributed by atoms with Gasteiger partial charge in [-0.1, -0.05) is 159 Å². The average molecular weight is 786 g/mol. The van der Waals surface area contributed by atoms with Crippen molar-refractivity contribution in [3.63, 3.8) is 0 Å². The van der Waals surface area contributed by atoms with Gasteiger partial charge in [-0.2, -0.15) is 0 Å². The van der Waals surface area contributed by atoms with Crippen LogP contribution < -0.4 is 4.90 Å². The van der Waals surface area contributed by atoms with Gasteiger partial charge < -0.3 is 4.90 Å². The first kappa shape index (κ1) is 35.6. The fraction of sp³-hybridized carbons (Fsp3) is 0.233. The molecule has 61 heavy (non-hydrogen) atoms. The lowest BCUT2D eigenvalue weighted by atomic mass is 9.79. The topological polar surface area (TPSA) is 3.24 Å². The molecule has 0 bridgehead atoms. The van der Waals surface area contributed by atoms with E-state index in [4.69, 9.17) is 0 Å². The number of aryl methyl sites for hydroxylation is 2. The molecule has 0 amide bonds. The molecule has 0 radical (unpaired) electrons. The molecule has 8 aromatic rings. The van der Waals surface area contributed by atoms with Gasteiger partial charge in [0, 0.05) is 38.4 Å². The highest BCUT2D eigenvalue weighted by Crippen LogP contribution is 2.61. The van der Waals surface area contributed by atoms with Gasteiger partial charge in [-0.3, -0.25) is 0 Å². The summed E-state index contributed by atoms with van der Waals surface area (Å²) in [5, 5.41) is 2.64. The van der Waals surface area contributed by atoms with Crippen LogP contribution in [0.2, 0.25) is 0 Å². The van der Waals surface area contributed by atoms with Crippen molar-refractivity contribution in [2.24, 2.45) is 0 Å². The molecule has 0 atom stereocenters. The maximum absolute atomic E-state index is 2.71. The van der Waals surface area contributed by atoms with E-state index in [1.165, 1.54) is 128 Å². The fourth-order valence-corrected chi connectivity index (χ4v) is 13.0. The Hall–Kier alpha value is -6.18. The molecule has 296 valence electrons. The number of hydrogen-bond donors (Lipinski definition) is 0. The van der Waals surface area contributed by atoms with Crippen LogP contribution >= 0.6 is 0 Å². The second-order valence-corrected chi connectivity index (χ2v) is 20.8. The lowest BCUT2D eigenvalue weighted by Crippen LogP contribution is -2.19. The van der Waals surface area contributed by atoms with Crippen LogP contribution in [0.1, 0.15) is 111 Å². The number of nitrogens with zero attached hydrogens (tertiary/aromatic N) is 1. The third kappa shape index (κ3) is 4.32. The molecule has 1 heterocycles. The van der Waals surface area contributed by atoms with E-state index in [0.717, 1.165) is 12.8 Å². The molecule has 0 spiro atoms. The minimum atomic E-state index is -0.208. The lowest BCUT2D eigenvalue weighted by molar-refractivity contribution is 0.652. The van der Waals surface area contributed by atoms with Crippen molar-refractivity contribution in [2.45, 2.75) is 89.9 Å². The zero-order chi connectivity index (χ0) is 41.5. The Kier molecular flexibility index (Phi) is 6.64. The predicted molar refractivity (Wildman–Crippen MR) is 256 cm³/mol. The van der Waals surface area contributed by atoms with Gasteiger partial charge in [-0.05, 0) is 155 Å². The van der Waals surface area contributed by atoms with Crippen molar-refractivity contribution in [2.75, 3.05) is 4.90 Å². The summed E-state index contributed by atoms with van der Waals surface area (Å²) in [4.78, 5) is 2.71. The van der Waals surface area contributed by atoms with Crippen molar-refractivity contribution in [3.05, 3.63) is 195 Å². The van der Waals surface area contributed by atoms with Gasteiger partial charge in [-0.25, -0.2) is 0 Å². The van der Waals surface area contributed by atoms with Gasteiger partial charge in [0.2, 0.25) is 0 Å². The van der Waals surface area contributed by atoms with Crippen molar-refractivity contribution in [1.82, 2.24) is 0 Å². The lowest BCUT2D eigenvalue weighted by Gasteiger charge is -2.33. The van der Waals surface area contributed by atoms with Crippen LogP contribution in [0.25, 0.3) is 55.3 Å². The summed E-state index contributed by atoms with van der Waals surface area (Å²) in [7, 11) is 0. The first-order valence-electron chi connectivity index (χ1n) is 22.5. The summed E-state index contributed by atoms with van der Waals surface area (Å²) < 4.78 is 0. The van der Waals surface area contributed by atoms with E-state index in [9.17, 15) is 0 Å². The number of fused-ring (bicyclic) bond motifs is 16. The van der Waals surface area contributed by atoms with E-state index in [1.807, 2.05) is 0 Å². The summed E-state index contributed by atoms with van der Waals surface area (Å²) in [5.74, 6) is 0. The summed E-state index contributed by atoms with van der Waals surface area (Å²) in [6.45, 7) is 19.4. The monoisotopic (exact) mass is 785 g/mol. The molecule has 0 unspecified atom stereocenters. The summed E-state index contributed by atoms with van der Waals surface area (Å²) >= 11 is 0. The highest BCUT2D eigenvalue weighted by Gasteiger charge is 2.44. The molecule has 5 aliphatic rings. The second-order valence-electron chi connectivity index (χ2n) is 20.8. The molecule has 4 aliphatic carbocycles. The van der Waals surface area contributed by atoms with Crippen molar-refractivity contribution >= 4 is 27.8 Å². The highest BCUT2D eigenvalue weighted by atomic mass is 15.2. The Morgan fingerprint density at radius 1 is 0.311 bits per heavy atom. The maximum atomic E-state index is 2.71. The van der Waals surface area contributed by atoms with E-state index in [0.29, 0.717) is 0 Å². The van der Waals surface area contributed by atoms with Gasteiger partial charge in [0.25, 0.3) is 0 Å². The number of hydrogen-bond acceptors (Lipinski definition) is 1. The highest BCUT2D eigenvalue weighted by molar-refractivity contribution is 6.11. The molecule has 1 aliphatic heterocycles. The number of rotatable bonds is 1. The van der Waals surface area contributed by atoms with E-state index in [2.05, 4.69) is 200 Å². The molecule has 1 heteroatoms. The molecule has 13 rings (SSSR count). The van der Waals surface area contributed by atoms with Crippen LogP contribution in [0.3, 0.4) is 0 Å². The van der Waals surface area contributed by atoms with Gasteiger partial charge in [0.15, 0.2) is 0 Å². The Labute approximate surface area is 360 Å². The maximum Gasteiger partial charge on any atom is 0.0543 e.